The van der Waals surface area contributed by atoms with E-state index < -0.39 is 6.10 Å². The average molecular weight is 336 g/mol. The Kier molecular flexibility index (Phi) is 3.92. The second-order valence-corrected chi connectivity index (χ2v) is 6.86. The van der Waals surface area contributed by atoms with Gasteiger partial charge in [0.15, 0.2) is 0 Å². The highest BCUT2D eigenvalue weighted by Gasteiger charge is 2.22. The van der Waals surface area contributed by atoms with Gasteiger partial charge in [-0.2, -0.15) is 5.10 Å². The van der Waals surface area contributed by atoms with Gasteiger partial charge in [-0.1, -0.05) is 11.6 Å². The van der Waals surface area contributed by atoms with Crippen LogP contribution in [0.4, 0.5) is 0 Å². The minimum absolute atomic E-state index is 0.163. The van der Waals surface area contributed by atoms with Crippen LogP contribution in [-0.2, 0) is 0 Å². The molecule has 2 heterocycles. The van der Waals surface area contributed by atoms with Crippen LogP contribution in [-0.4, -0.2) is 14.9 Å². The molecule has 0 saturated heterocycles. The Morgan fingerprint density at radius 2 is 2.18 bits per heavy atom. The molecule has 0 fully saturated rings. The standard InChI is InChI=1S/C11H12BrClN2OS/c1-6(2)15-10(7(13)5-14-15)11(16)8-3-4-9(12)17-8/h3-6,11,16H,1-2H3. The van der Waals surface area contributed by atoms with E-state index in [2.05, 4.69) is 21.0 Å². The Bertz CT molecular complexity index is 523. The molecule has 2 rings (SSSR count). The summed E-state index contributed by atoms with van der Waals surface area (Å²) in [6.07, 6.45) is 0.839. The number of nitrogens with zero attached hydrogens (tertiary/aromatic N) is 2. The Balaban J connectivity index is 2.43. The van der Waals surface area contributed by atoms with E-state index in [4.69, 9.17) is 11.6 Å². The van der Waals surface area contributed by atoms with Crippen molar-refractivity contribution in [1.29, 1.82) is 0 Å². The number of hydrogen-bond acceptors (Lipinski definition) is 3. The van der Waals surface area contributed by atoms with E-state index in [1.807, 2.05) is 26.0 Å². The van der Waals surface area contributed by atoms with Crippen LogP contribution in [0, 0.1) is 0 Å². The predicted molar refractivity (Wildman–Crippen MR) is 73.7 cm³/mol. The quantitative estimate of drug-likeness (QED) is 0.920. The van der Waals surface area contributed by atoms with Crippen molar-refractivity contribution in [2.45, 2.75) is 26.0 Å². The Hall–Kier alpha value is -0.360. The summed E-state index contributed by atoms with van der Waals surface area (Å²) in [6, 6.07) is 3.95. The lowest BCUT2D eigenvalue weighted by molar-refractivity contribution is 0.209. The van der Waals surface area contributed by atoms with E-state index in [0.29, 0.717) is 10.7 Å². The molecule has 3 nitrogen and oxygen atoms in total. The molecular weight excluding hydrogens is 324 g/mol. The fourth-order valence-corrected chi connectivity index (χ4v) is 3.28. The van der Waals surface area contributed by atoms with Gasteiger partial charge >= 0.3 is 0 Å². The molecule has 0 bridgehead atoms. The second kappa shape index (κ2) is 5.10. The molecule has 1 N–H and O–H groups in total. The normalized spacial score (nSPS) is 13.3. The highest BCUT2D eigenvalue weighted by Crippen LogP contribution is 2.34. The van der Waals surface area contributed by atoms with Crippen LogP contribution < -0.4 is 0 Å². The van der Waals surface area contributed by atoms with Gasteiger partial charge in [-0.15, -0.1) is 11.3 Å². The number of aliphatic hydroxyl groups excluding tert-OH is 1. The van der Waals surface area contributed by atoms with Crippen LogP contribution >= 0.6 is 38.9 Å². The Morgan fingerprint density at radius 3 is 2.71 bits per heavy atom. The van der Waals surface area contributed by atoms with Crippen molar-refractivity contribution < 1.29 is 5.11 Å². The van der Waals surface area contributed by atoms with Crippen LogP contribution in [0.25, 0.3) is 0 Å². The first-order chi connectivity index (χ1) is 8.00. The molecule has 0 amide bonds. The second-order valence-electron chi connectivity index (χ2n) is 3.96. The van der Waals surface area contributed by atoms with Crippen LogP contribution in [0.15, 0.2) is 22.1 Å². The van der Waals surface area contributed by atoms with Crippen molar-refractivity contribution in [2.24, 2.45) is 0 Å². The lowest BCUT2D eigenvalue weighted by atomic mass is 10.2. The summed E-state index contributed by atoms with van der Waals surface area (Å²) in [5.41, 5.74) is 0.649. The maximum Gasteiger partial charge on any atom is 0.131 e. The molecule has 1 unspecified atom stereocenters. The van der Waals surface area contributed by atoms with Crippen LogP contribution in [0.2, 0.25) is 5.02 Å². The molecule has 0 saturated carbocycles. The van der Waals surface area contributed by atoms with Gasteiger partial charge < -0.3 is 5.11 Å². The number of thiophene rings is 1. The van der Waals surface area contributed by atoms with Gasteiger partial charge in [-0.05, 0) is 41.9 Å². The van der Waals surface area contributed by atoms with Gasteiger partial charge in [-0.3, -0.25) is 4.68 Å². The summed E-state index contributed by atoms with van der Waals surface area (Å²) in [5, 5.41) is 15.0. The predicted octanol–water partition coefficient (Wildman–Crippen LogP) is 4.02. The molecule has 0 spiro atoms. The molecule has 6 heteroatoms. The van der Waals surface area contributed by atoms with E-state index in [1.165, 1.54) is 11.3 Å². The van der Waals surface area contributed by atoms with Crippen LogP contribution in [0.1, 0.15) is 36.6 Å². The fraction of sp³-hybridized carbons (Fsp3) is 0.364. The van der Waals surface area contributed by atoms with Crippen molar-refractivity contribution in [2.75, 3.05) is 0 Å². The molecular formula is C11H12BrClN2OS. The first kappa shape index (κ1) is 13.1. The first-order valence-corrected chi connectivity index (χ1v) is 7.15. The number of aliphatic hydroxyl groups is 1. The van der Waals surface area contributed by atoms with E-state index in [1.54, 1.807) is 10.9 Å². The lowest BCUT2D eigenvalue weighted by Crippen LogP contribution is -2.11. The minimum Gasteiger partial charge on any atom is -0.381 e. The molecule has 0 radical (unpaired) electrons. The summed E-state index contributed by atoms with van der Waals surface area (Å²) in [6.45, 7) is 4.01. The van der Waals surface area contributed by atoms with Crippen molar-refractivity contribution in [3.05, 3.63) is 37.7 Å². The molecule has 0 aromatic carbocycles. The van der Waals surface area contributed by atoms with Gasteiger partial charge in [0.1, 0.15) is 6.10 Å². The average Bonchev–Trinajstić information content (AvgIpc) is 2.83. The van der Waals surface area contributed by atoms with Crippen LogP contribution in [0.5, 0.6) is 0 Å². The summed E-state index contributed by atoms with van der Waals surface area (Å²) in [7, 11) is 0. The Morgan fingerprint density at radius 1 is 1.47 bits per heavy atom. The monoisotopic (exact) mass is 334 g/mol. The Labute approximate surface area is 117 Å². The highest BCUT2D eigenvalue weighted by molar-refractivity contribution is 9.11. The molecule has 0 aliphatic heterocycles. The van der Waals surface area contributed by atoms with Gasteiger partial charge in [-0.25, -0.2) is 0 Å². The zero-order valence-electron chi connectivity index (χ0n) is 9.39. The topological polar surface area (TPSA) is 38.0 Å². The summed E-state index contributed by atoms with van der Waals surface area (Å²) >= 11 is 11.0. The molecule has 0 aliphatic rings. The number of hydrogen-bond donors (Lipinski definition) is 1. The highest BCUT2D eigenvalue weighted by atomic mass is 79.9. The van der Waals surface area contributed by atoms with Crippen LogP contribution in [0.3, 0.4) is 0 Å². The zero-order chi connectivity index (χ0) is 12.6. The lowest BCUT2D eigenvalue weighted by Gasteiger charge is -2.15. The molecule has 0 aliphatic carbocycles. The van der Waals surface area contributed by atoms with Gasteiger partial charge in [0.25, 0.3) is 0 Å². The third-order valence-electron chi connectivity index (χ3n) is 2.40. The van der Waals surface area contributed by atoms with E-state index >= 15 is 0 Å². The zero-order valence-corrected chi connectivity index (χ0v) is 12.6. The van der Waals surface area contributed by atoms with Crippen molar-refractivity contribution in [3.8, 4) is 0 Å². The summed E-state index contributed by atoms with van der Waals surface area (Å²) in [4.78, 5) is 0.848. The molecule has 17 heavy (non-hydrogen) atoms. The maximum absolute atomic E-state index is 10.3. The van der Waals surface area contributed by atoms with Gasteiger partial charge in [0, 0.05) is 10.9 Å². The van der Waals surface area contributed by atoms with Gasteiger partial charge in [0.2, 0.25) is 0 Å². The van der Waals surface area contributed by atoms with Crippen molar-refractivity contribution in [1.82, 2.24) is 9.78 Å². The van der Waals surface area contributed by atoms with Crippen molar-refractivity contribution >= 4 is 38.9 Å². The SMILES string of the molecule is CC(C)n1ncc(Cl)c1C(O)c1ccc(Br)s1. The van der Waals surface area contributed by atoms with E-state index in [9.17, 15) is 5.11 Å². The fourth-order valence-electron chi connectivity index (χ4n) is 1.63. The number of rotatable bonds is 3. The molecule has 1 atom stereocenters. The number of aromatic nitrogens is 2. The maximum atomic E-state index is 10.3. The first-order valence-electron chi connectivity index (χ1n) is 5.17. The third kappa shape index (κ3) is 2.57. The van der Waals surface area contributed by atoms with Gasteiger partial charge in [0.05, 0.1) is 20.7 Å². The minimum atomic E-state index is -0.733. The van der Waals surface area contributed by atoms with E-state index in [0.717, 1.165) is 8.66 Å². The summed E-state index contributed by atoms with van der Waals surface area (Å²) in [5.74, 6) is 0. The summed E-state index contributed by atoms with van der Waals surface area (Å²) < 4.78 is 2.74. The molecule has 2 aromatic rings. The largest absolute Gasteiger partial charge is 0.381 e. The molecule has 92 valence electrons. The number of halogens is 2. The van der Waals surface area contributed by atoms with E-state index in [-0.39, 0.29) is 6.04 Å². The molecule has 2 aromatic heterocycles. The smallest absolute Gasteiger partial charge is 0.131 e. The third-order valence-corrected chi connectivity index (χ3v) is 4.37. The van der Waals surface area contributed by atoms with Crippen molar-refractivity contribution in [3.63, 3.8) is 0 Å².